The maximum atomic E-state index is 13.3. The molecule has 1 aromatic carbocycles. The van der Waals surface area contributed by atoms with Gasteiger partial charge in [-0.1, -0.05) is 13.8 Å². The van der Waals surface area contributed by atoms with Crippen molar-refractivity contribution in [3.8, 4) is 11.4 Å². The highest BCUT2D eigenvalue weighted by molar-refractivity contribution is 5.86. The second-order valence-corrected chi connectivity index (χ2v) is 7.79. The Bertz CT molecular complexity index is 1420. The number of ether oxygens (including phenoxy) is 2. The van der Waals surface area contributed by atoms with Crippen LogP contribution in [-0.4, -0.2) is 43.9 Å². The standard InChI is InChI=1S/C22H23N5O6/c1-13(2)9-26-20(28)18-19(27(22(26)30)14-5-7-15(31-3)8-6-14)23-12-25(18)10-17-24-16(11-33-17)21(29)32-4/h5-8,11-13H,9-10H2,1-4H3. The minimum absolute atomic E-state index is 0.0179. The van der Waals surface area contributed by atoms with Crippen LogP contribution < -0.4 is 16.0 Å². The van der Waals surface area contributed by atoms with Crippen LogP contribution in [0.2, 0.25) is 0 Å². The molecule has 0 atom stereocenters. The first-order valence-corrected chi connectivity index (χ1v) is 10.2. The normalized spacial score (nSPS) is 11.3. The molecule has 0 aliphatic heterocycles. The van der Waals surface area contributed by atoms with Crippen molar-refractivity contribution in [3.63, 3.8) is 0 Å². The van der Waals surface area contributed by atoms with Crippen molar-refractivity contribution in [3.05, 3.63) is 69.3 Å². The second kappa shape index (κ2) is 8.77. The van der Waals surface area contributed by atoms with Crippen LogP contribution in [0.5, 0.6) is 5.75 Å². The van der Waals surface area contributed by atoms with E-state index in [9.17, 15) is 14.4 Å². The number of carbonyl (C=O) groups excluding carboxylic acids is 1. The lowest BCUT2D eigenvalue weighted by Gasteiger charge is -2.14. The highest BCUT2D eigenvalue weighted by atomic mass is 16.5. The SMILES string of the molecule is COC(=O)c1coc(Cn2cnc3c2c(=O)n(CC(C)C)c(=O)n3-c2ccc(OC)cc2)n1. The molecule has 4 aromatic rings. The zero-order chi connectivity index (χ0) is 23.7. The van der Waals surface area contributed by atoms with Crippen molar-refractivity contribution >= 4 is 17.1 Å². The van der Waals surface area contributed by atoms with Crippen molar-refractivity contribution in [2.24, 2.45) is 5.92 Å². The zero-order valence-electron chi connectivity index (χ0n) is 18.6. The number of esters is 1. The Morgan fingerprint density at radius 1 is 1.15 bits per heavy atom. The molecule has 11 nitrogen and oxygen atoms in total. The fourth-order valence-electron chi connectivity index (χ4n) is 3.52. The molecule has 0 saturated carbocycles. The predicted molar refractivity (Wildman–Crippen MR) is 118 cm³/mol. The smallest absolute Gasteiger partial charge is 0.360 e. The molecule has 0 N–H and O–H groups in total. The van der Waals surface area contributed by atoms with Crippen molar-refractivity contribution in [1.82, 2.24) is 23.7 Å². The molecule has 11 heteroatoms. The molecule has 0 fully saturated rings. The summed E-state index contributed by atoms with van der Waals surface area (Å²) in [6.45, 7) is 4.12. The Balaban J connectivity index is 1.90. The van der Waals surface area contributed by atoms with Crippen LogP contribution in [0.15, 0.2) is 50.9 Å². The predicted octanol–water partition coefficient (Wildman–Crippen LogP) is 1.84. The van der Waals surface area contributed by atoms with Crippen molar-refractivity contribution < 1.29 is 18.7 Å². The van der Waals surface area contributed by atoms with Gasteiger partial charge in [-0.3, -0.25) is 9.36 Å². The van der Waals surface area contributed by atoms with Crippen LogP contribution in [-0.2, 0) is 17.8 Å². The third kappa shape index (κ3) is 4.04. The second-order valence-electron chi connectivity index (χ2n) is 7.79. The maximum Gasteiger partial charge on any atom is 0.360 e. The number of hydrogen-bond donors (Lipinski definition) is 0. The molecule has 33 heavy (non-hydrogen) atoms. The largest absolute Gasteiger partial charge is 0.497 e. The van der Waals surface area contributed by atoms with Crippen LogP contribution in [0.1, 0.15) is 30.2 Å². The number of oxazole rings is 1. The van der Waals surface area contributed by atoms with Gasteiger partial charge in [0, 0.05) is 6.54 Å². The molecule has 0 aliphatic carbocycles. The monoisotopic (exact) mass is 453 g/mol. The Labute approximate surface area is 187 Å². The van der Waals surface area contributed by atoms with Gasteiger partial charge in [0.15, 0.2) is 16.9 Å². The minimum atomic E-state index is -0.631. The summed E-state index contributed by atoms with van der Waals surface area (Å²) in [7, 11) is 2.80. The molecule has 0 aliphatic rings. The fourth-order valence-corrected chi connectivity index (χ4v) is 3.52. The zero-order valence-corrected chi connectivity index (χ0v) is 18.6. The van der Waals surface area contributed by atoms with E-state index in [1.165, 1.54) is 28.8 Å². The summed E-state index contributed by atoms with van der Waals surface area (Å²) in [4.78, 5) is 46.8. The topological polar surface area (TPSA) is 123 Å². The highest BCUT2D eigenvalue weighted by Crippen LogP contribution is 2.18. The summed E-state index contributed by atoms with van der Waals surface area (Å²) in [6, 6.07) is 6.90. The molecular weight excluding hydrogens is 430 g/mol. The van der Waals surface area contributed by atoms with E-state index in [0.717, 1.165) is 0 Å². The number of aromatic nitrogens is 5. The fraction of sp³-hybridized carbons (Fsp3) is 0.318. The lowest BCUT2D eigenvalue weighted by Crippen LogP contribution is -2.41. The number of nitrogens with zero attached hydrogens (tertiary/aromatic N) is 5. The first-order chi connectivity index (χ1) is 15.8. The van der Waals surface area contributed by atoms with Gasteiger partial charge in [0.2, 0.25) is 5.89 Å². The molecule has 0 spiro atoms. The van der Waals surface area contributed by atoms with Gasteiger partial charge in [-0.25, -0.2) is 24.1 Å². The summed E-state index contributed by atoms with van der Waals surface area (Å²) < 4.78 is 19.3. The van der Waals surface area contributed by atoms with E-state index in [-0.39, 0.29) is 41.8 Å². The Kier molecular flexibility index (Phi) is 5.86. The molecule has 0 bridgehead atoms. The van der Waals surface area contributed by atoms with E-state index in [1.54, 1.807) is 35.9 Å². The third-order valence-corrected chi connectivity index (χ3v) is 5.03. The summed E-state index contributed by atoms with van der Waals surface area (Å²) in [5, 5.41) is 0. The van der Waals surface area contributed by atoms with Gasteiger partial charge in [0.25, 0.3) is 5.56 Å². The van der Waals surface area contributed by atoms with Crippen molar-refractivity contribution in [2.45, 2.75) is 26.9 Å². The molecule has 0 unspecified atom stereocenters. The highest BCUT2D eigenvalue weighted by Gasteiger charge is 2.21. The first-order valence-electron chi connectivity index (χ1n) is 10.2. The van der Waals surface area contributed by atoms with E-state index < -0.39 is 17.2 Å². The Hall–Kier alpha value is -4.15. The maximum absolute atomic E-state index is 13.3. The number of imidazole rings is 1. The molecule has 0 saturated heterocycles. The van der Waals surface area contributed by atoms with Gasteiger partial charge < -0.3 is 18.5 Å². The average Bonchev–Trinajstić information content (AvgIpc) is 3.44. The molecule has 4 rings (SSSR count). The van der Waals surface area contributed by atoms with E-state index >= 15 is 0 Å². The number of fused-ring (bicyclic) bond motifs is 1. The summed E-state index contributed by atoms with van der Waals surface area (Å²) in [6.07, 6.45) is 2.62. The first kappa shape index (κ1) is 22.1. The van der Waals surface area contributed by atoms with E-state index in [4.69, 9.17) is 9.15 Å². The molecule has 172 valence electrons. The van der Waals surface area contributed by atoms with Crippen LogP contribution >= 0.6 is 0 Å². The van der Waals surface area contributed by atoms with Crippen molar-refractivity contribution in [2.75, 3.05) is 14.2 Å². The lowest BCUT2D eigenvalue weighted by molar-refractivity contribution is 0.0594. The molecule has 0 radical (unpaired) electrons. The van der Waals surface area contributed by atoms with E-state index in [1.807, 2.05) is 13.8 Å². The van der Waals surface area contributed by atoms with E-state index in [0.29, 0.717) is 11.4 Å². The number of benzene rings is 1. The minimum Gasteiger partial charge on any atom is -0.497 e. The van der Waals surface area contributed by atoms with Gasteiger partial charge in [0.05, 0.1) is 26.2 Å². The van der Waals surface area contributed by atoms with Gasteiger partial charge in [-0.15, -0.1) is 0 Å². The van der Waals surface area contributed by atoms with Gasteiger partial charge in [-0.05, 0) is 30.2 Å². The summed E-state index contributed by atoms with van der Waals surface area (Å²) in [5.41, 5.74) is 0.0205. The van der Waals surface area contributed by atoms with Crippen LogP contribution in [0.4, 0.5) is 0 Å². The Morgan fingerprint density at radius 2 is 1.88 bits per heavy atom. The van der Waals surface area contributed by atoms with Crippen LogP contribution in [0.3, 0.4) is 0 Å². The third-order valence-electron chi connectivity index (χ3n) is 5.03. The molecular formula is C22H23N5O6. The quantitative estimate of drug-likeness (QED) is 0.388. The molecule has 3 heterocycles. The Morgan fingerprint density at radius 3 is 2.52 bits per heavy atom. The van der Waals surface area contributed by atoms with Crippen LogP contribution in [0, 0.1) is 5.92 Å². The summed E-state index contributed by atoms with van der Waals surface area (Å²) >= 11 is 0. The summed E-state index contributed by atoms with van der Waals surface area (Å²) in [5.74, 6) is 0.247. The average molecular weight is 453 g/mol. The molecule has 0 amide bonds. The number of methoxy groups -OCH3 is 2. The van der Waals surface area contributed by atoms with Gasteiger partial charge in [0.1, 0.15) is 18.6 Å². The van der Waals surface area contributed by atoms with Gasteiger partial charge >= 0.3 is 11.7 Å². The van der Waals surface area contributed by atoms with Gasteiger partial charge in [-0.2, -0.15) is 0 Å². The number of hydrogen-bond acceptors (Lipinski definition) is 8. The van der Waals surface area contributed by atoms with E-state index in [2.05, 4.69) is 14.7 Å². The van der Waals surface area contributed by atoms with Crippen molar-refractivity contribution in [1.29, 1.82) is 0 Å². The van der Waals surface area contributed by atoms with Crippen LogP contribution in [0.25, 0.3) is 16.9 Å². The number of rotatable bonds is 7. The molecule has 3 aromatic heterocycles. The number of carbonyl (C=O) groups is 1. The lowest BCUT2D eigenvalue weighted by atomic mass is 10.2.